The smallest absolute Gasteiger partial charge is 0.330 e. The summed E-state index contributed by atoms with van der Waals surface area (Å²) in [6.07, 6.45) is 1.97. The first-order valence-electron chi connectivity index (χ1n) is 5.29. The first-order chi connectivity index (χ1) is 7.99. The molecule has 0 radical (unpaired) electrons. The van der Waals surface area contributed by atoms with Crippen molar-refractivity contribution in [2.75, 3.05) is 13.7 Å². The molecule has 0 bridgehead atoms. The zero-order valence-corrected chi connectivity index (χ0v) is 10.2. The maximum Gasteiger partial charge on any atom is 0.330 e. The number of ether oxygens (including phenoxy) is 1. The van der Waals surface area contributed by atoms with Gasteiger partial charge in [-0.05, 0) is 13.3 Å². The number of Topliss-reactive ketones (excluding diaryl/α,β-unsaturated/α-hetero) is 1. The summed E-state index contributed by atoms with van der Waals surface area (Å²) in [5.74, 6) is -0.342. The summed E-state index contributed by atoms with van der Waals surface area (Å²) < 4.78 is 7.19. The average Bonchev–Trinajstić information content (AvgIpc) is 2.29. The van der Waals surface area contributed by atoms with E-state index in [2.05, 4.69) is 0 Å². The summed E-state index contributed by atoms with van der Waals surface area (Å²) in [7, 11) is 2.94. The van der Waals surface area contributed by atoms with E-state index in [0.717, 1.165) is 4.57 Å². The maximum atomic E-state index is 11.7. The van der Waals surface area contributed by atoms with Crippen molar-refractivity contribution in [1.82, 2.24) is 9.13 Å². The molecule has 0 N–H and O–H groups in total. The number of hydrogen-bond donors (Lipinski definition) is 0. The van der Waals surface area contributed by atoms with E-state index in [-0.39, 0.29) is 11.3 Å². The number of aryl methyl sites for hydroxylation is 1. The van der Waals surface area contributed by atoms with Crippen LogP contribution in [0.25, 0.3) is 0 Å². The van der Waals surface area contributed by atoms with Crippen molar-refractivity contribution in [2.24, 2.45) is 7.05 Å². The van der Waals surface area contributed by atoms with Gasteiger partial charge in [0.2, 0.25) is 0 Å². The summed E-state index contributed by atoms with van der Waals surface area (Å²) in [4.78, 5) is 34.6. The number of hydrogen-bond acceptors (Lipinski definition) is 4. The van der Waals surface area contributed by atoms with Crippen LogP contribution < -0.4 is 11.2 Å². The Morgan fingerprint density at radius 1 is 1.41 bits per heavy atom. The number of carbonyl (C=O) groups excluding carboxylic acids is 1. The molecular formula is C11H16N2O4. The molecule has 6 nitrogen and oxygen atoms in total. The molecule has 0 unspecified atom stereocenters. The van der Waals surface area contributed by atoms with Crippen LogP contribution in [0.4, 0.5) is 0 Å². The first kappa shape index (κ1) is 13.4. The zero-order valence-electron chi connectivity index (χ0n) is 10.2. The van der Waals surface area contributed by atoms with Crippen molar-refractivity contribution in [3.63, 3.8) is 0 Å². The fraction of sp³-hybridized carbons (Fsp3) is 0.545. The Kier molecular flexibility index (Phi) is 4.39. The molecule has 0 aliphatic carbocycles. The van der Waals surface area contributed by atoms with Gasteiger partial charge >= 0.3 is 5.69 Å². The molecule has 0 saturated carbocycles. The Bertz CT molecular complexity index is 527. The summed E-state index contributed by atoms with van der Waals surface area (Å²) >= 11 is 0. The number of ketones is 1. The topological polar surface area (TPSA) is 70.3 Å². The van der Waals surface area contributed by atoms with E-state index in [9.17, 15) is 14.4 Å². The number of methoxy groups -OCH3 is 1. The Hall–Kier alpha value is -1.69. The molecule has 0 saturated heterocycles. The predicted molar refractivity (Wildman–Crippen MR) is 62.4 cm³/mol. The van der Waals surface area contributed by atoms with Gasteiger partial charge in [-0.15, -0.1) is 0 Å². The van der Waals surface area contributed by atoms with Gasteiger partial charge in [0.05, 0.1) is 5.56 Å². The normalized spacial score (nSPS) is 10.5. The maximum absolute atomic E-state index is 11.7. The molecule has 0 aliphatic heterocycles. The van der Waals surface area contributed by atoms with E-state index in [0.29, 0.717) is 19.6 Å². The predicted octanol–water partition coefficient (Wildman–Crippen LogP) is -0.214. The molecule has 0 aliphatic rings. The van der Waals surface area contributed by atoms with Crippen LogP contribution in [0.2, 0.25) is 0 Å². The van der Waals surface area contributed by atoms with Crippen LogP contribution in [-0.4, -0.2) is 28.6 Å². The third-order valence-corrected chi connectivity index (χ3v) is 2.48. The summed E-state index contributed by atoms with van der Waals surface area (Å²) in [6, 6.07) is 0. The van der Waals surface area contributed by atoms with Crippen LogP contribution in [0.15, 0.2) is 15.8 Å². The van der Waals surface area contributed by atoms with Gasteiger partial charge in [0, 0.05) is 33.5 Å². The SMILES string of the molecule is COCCCn1cc(C(C)=O)c(=O)n(C)c1=O. The Morgan fingerprint density at radius 2 is 2.06 bits per heavy atom. The number of nitrogens with zero attached hydrogens (tertiary/aromatic N) is 2. The fourth-order valence-corrected chi connectivity index (χ4v) is 1.51. The second-order valence-electron chi connectivity index (χ2n) is 3.79. The van der Waals surface area contributed by atoms with E-state index < -0.39 is 11.2 Å². The molecule has 1 aromatic rings. The fourth-order valence-electron chi connectivity index (χ4n) is 1.51. The number of carbonyl (C=O) groups is 1. The lowest BCUT2D eigenvalue weighted by Gasteiger charge is -2.08. The molecule has 1 heterocycles. The van der Waals surface area contributed by atoms with E-state index in [1.54, 1.807) is 7.11 Å². The lowest BCUT2D eigenvalue weighted by molar-refractivity contribution is 0.101. The average molecular weight is 240 g/mol. The molecule has 0 atom stereocenters. The number of rotatable bonds is 5. The molecule has 0 aromatic carbocycles. The minimum Gasteiger partial charge on any atom is -0.385 e. The highest BCUT2D eigenvalue weighted by molar-refractivity contribution is 5.93. The van der Waals surface area contributed by atoms with E-state index in [1.165, 1.54) is 24.7 Å². The van der Waals surface area contributed by atoms with E-state index in [4.69, 9.17) is 4.74 Å². The van der Waals surface area contributed by atoms with Crippen LogP contribution in [-0.2, 0) is 18.3 Å². The van der Waals surface area contributed by atoms with Gasteiger partial charge < -0.3 is 4.74 Å². The third-order valence-electron chi connectivity index (χ3n) is 2.48. The molecule has 94 valence electrons. The van der Waals surface area contributed by atoms with E-state index >= 15 is 0 Å². The molecule has 6 heteroatoms. The van der Waals surface area contributed by atoms with Crippen LogP contribution in [0.5, 0.6) is 0 Å². The molecule has 0 amide bonds. The minimum atomic E-state index is -0.550. The van der Waals surface area contributed by atoms with Crippen molar-refractivity contribution in [3.8, 4) is 0 Å². The van der Waals surface area contributed by atoms with Crippen LogP contribution in [0, 0.1) is 0 Å². The van der Waals surface area contributed by atoms with Gasteiger partial charge in [0.25, 0.3) is 5.56 Å². The molecular weight excluding hydrogens is 224 g/mol. The molecule has 0 spiro atoms. The highest BCUT2D eigenvalue weighted by Gasteiger charge is 2.11. The number of aromatic nitrogens is 2. The van der Waals surface area contributed by atoms with Crippen LogP contribution in [0.1, 0.15) is 23.7 Å². The molecule has 17 heavy (non-hydrogen) atoms. The Morgan fingerprint density at radius 3 is 2.59 bits per heavy atom. The first-order valence-corrected chi connectivity index (χ1v) is 5.29. The van der Waals surface area contributed by atoms with Gasteiger partial charge in [0.15, 0.2) is 5.78 Å². The van der Waals surface area contributed by atoms with Crippen LogP contribution >= 0.6 is 0 Å². The summed E-state index contributed by atoms with van der Waals surface area (Å²) in [6.45, 7) is 2.24. The largest absolute Gasteiger partial charge is 0.385 e. The summed E-state index contributed by atoms with van der Waals surface area (Å²) in [5.41, 5.74) is -0.939. The van der Waals surface area contributed by atoms with Crippen molar-refractivity contribution in [1.29, 1.82) is 0 Å². The molecule has 1 aromatic heterocycles. The lowest BCUT2D eigenvalue weighted by Crippen LogP contribution is -2.40. The van der Waals surface area contributed by atoms with E-state index in [1.807, 2.05) is 0 Å². The van der Waals surface area contributed by atoms with Gasteiger partial charge in [-0.1, -0.05) is 0 Å². The van der Waals surface area contributed by atoms with Gasteiger partial charge in [-0.25, -0.2) is 4.79 Å². The molecule has 1 rings (SSSR count). The standard InChI is InChI=1S/C11H16N2O4/c1-8(14)9-7-13(5-4-6-17-3)11(16)12(2)10(9)15/h7H,4-6H2,1-3H3. The Labute approximate surface area is 98.4 Å². The van der Waals surface area contributed by atoms with Crippen molar-refractivity contribution < 1.29 is 9.53 Å². The second kappa shape index (κ2) is 5.58. The van der Waals surface area contributed by atoms with Crippen molar-refractivity contribution in [2.45, 2.75) is 19.9 Å². The van der Waals surface area contributed by atoms with Gasteiger partial charge in [-0.3, -0.25) is 18.7 Å². The monoisotopic (exact) mass is 240 g/mol. The zero-order chi connectivity index (χ0) is 13.0. The minimum absolute atomic E-state index is 0.0320. The van der Waals surface area contributed by atoms with Crippen molar-refractivity contribution in [3.05, 3.63) is 32.6 Å². The highest BCUT2D eigenvalue weighted by atomic mass is 16.5. The second-order valence-corrected chi connectivity index (χ2v) is 3.79. The molecule has 0 fully saturated rings. The van der Waals surface area contributed by atoms with Crippen molar-refractivity contribution >= 4 is 5.78 Å². The lowest BCUT2D eigenvalue weighted by atomic mass is 10.2. The van der Waals surface area contributed by atoms with Gasteiger partial charge in [-0.2, -0.15) is 0 Å². The van der Waals surface area contributed by atoms with Crippen LogP contribution in [0.3, 0.4) is 0 Å². The summed E-state index contributed by atoms with van der Waals surface area (Å²) in [5, 5.41) is 0. The highest BCUT2D eigenvalue weighted by Crippen LogP contribution is 1.93. The van der Waals surface area contributed by atoms with Gasteiger partial charge in [0.1, 0.15) is 0 Å². The third kappa shape index (κ3) is 2.91. The quantitative estimate of drug-likeness (QED) is 0.527. The Balaban J connectivity index is 3.18.